The van der Waals surface area contributed by atoms with Crippen molar-refractivity contribution in [2.24, 2.45) is 27.7 Å². The van der Waals surface area contributed by atoms with E-state index in [0.717, 1.165) is 62.2 Å². The van der Waals surface area contributed by atoms with Crippen LogP contribution < -0.4 is 15.8 Å². The third-order valence-electron chi connectivity index (χ3n) is 14.8. The highest BCUT2D eigenvalue weighted by atomic mass is 15.2. The Morgan fingerprint density at radius 1 is 0.726 bits per heavy atom. The molecular formula is C57H49N5. The normalized spacial score (nSPS) is 24.5. The number of nitrogens with zero attached hydrogens (tertiary/aromatic N) is 4. The van der Waals surface area contributed by atoms with Crippen molar-refractivity contribution in [1.82, 2.24) is 14.8 Å². The van der Waals surface area contributed by atoms with Crippen LogP contribution in [0.2, 0.25) is 0 Å². The summed E-state index contributed by atoms with van der Waals surface area (Å²) < 4.78 is 2.57. The summed E-state index contributed by atoms with van der Waals surface area (Å²) >= 11 is 0. The fraction of sp³-hybridized carbons (Fsp3) is 0.228. The van der Waals surface area contributed by atoms with E-state index < -0.39 is 0 Å². The predicted octanol–water partition coefficient (Wildman–Crippen LogP) is 10.6. The zero-order valence-electron chi connectivity index (χ0n) is 34.9. The van der Waals surface area contributed by atoms with Gasteiger partial charge in [0.25, 0.3) is 0 Å². The molecule has 0 bridgehead atoms. The van der Waals surface area contributed by atoms with E-state index in [9.17, 15) is 0 Å². The van der Waals surface area contributed by atoms with E-state index in [0.29, 0.717) is 17.9 Å². The molecule has 13 rings (SSSR count). The molecule has 1 aromatic heterocycles. The number of hydrogen-bond donors (Lipinski definition) is 1. The van der Waals surface area contributed by atoms with E-state index in [2.05, 4.69) is 179 Å². The largest absolute Gasteiger partial charge is 0.347 e. The van der Waals surface area contributed by atoms with Crippen molar-refractivity contribution in [1.29, 1.82) is 0 Å². The van der Waals surface area contributed by atoms with Crippen molar-refractivity contribution in [2.75, 3.05) is 0 Å². The summed E-state index contributed by atoms with van der Waals surface area (Å²) in [5, 5.41) is 10.4. The van der Waals surface area contributed by atoms with Gasteiger partial charge in [-0.3, -0.25) is 0 Å². The van der Waals surface area contributed by atoms with Crippen LogP contribution in [0.15, 0.2) is 167 Å². The first-order valence-corrected chi connectivity index (χ1v) is 22.9. The average molecular weight is 804 g/mol. The Labute approximate surface area is 362 Å². The molecule has 62 heavy (non-hydrogen) atoms. The molecule has 1 fully saturated rings. The number of likely N-dealkylation sites (tertiary alicyclic amines) is 1. The second-order valence-corrected chi connectivity index (χ2v) is 18.2. The Morgan fingerprint density at radius 2 is 1.61 bits per heavy atom. The van der Waals surface area contributed by atoms with Gasteiger partial charge in [-0.05, 0) is 103 Å². The van der Waals surface area contributed by atoms with Gasteiger partial charge >= 0.3 is 0 Å². The lowest BCUT2D eigenvalue weighted by Crippen LogP contribution is -2.45. The van der Waals surface area contributed by atoms with Crippen molar-refractivity contribution >= 4 is 56.8 Å². The molecule has 1 saturated heterocycles. The first kappa shape index (κ1) is 36.0. The van der Waals surface area contributed by atoms with Crippen molar-refractivity contribution in [3.05, 3.63) is 196 Å². The maximum atomic E-state index is 5.41. The summed E-state index contributed by atoms with van der Waals surface area (Å²) in [6.07, 6.45) is 29.5. The summed E-state index contributed by atoms with van der Waals surface area (Å²) in [7, 11) is 0. The van der Waals surface area contributed by atoms with Crippen LogP contribution in [0.3, 0.4) is 0 Å². The SMILES string of the molecule is C1=CCC(C2N=C(C3=c4ccccc4=C(N4C5=Cc6ccc(-n7c8c(c9ccc%10ccccc%10c97)CCC=C8)cc6CC5C5C=CCCC54)CC3)N=C(c3ccccc3)N2)C=C1. The number of aryl methyl sites for hydroxylation is 1. The van der Waals surface area contributed by atoms with Gasteiger partial charge in [-0.1, -0.05) is 140 Å². The molecule has 5 aromatic carbocycles. The van der Waals surface area contributed by atoms with Crippen LogP contribution in [0.1, 0.15) is 66.5 Å². The first-order chi connectivity index (χ1) is 30.7. The van der Waals surface area contributed by atoms with Crippen LogP contribution >= 0.6 is 0 Å². The fourth-order valence-electron chi connectivity index (χ4n) is 12.0. The van der Waals surface area contributed by atoms with Crippen LogP contribution in [-0.2, 0) is 12.8 Å². The number of amidine groups is 2. The Morgan fingerprint density at radius 3 is 2.53 bits per heavy atom. The lowest BCUT2D eigenvalue weighted by molar-refractivity contribution is 0.320. The summed E-state index contributed by atoms with van der Waals surface area (Å²) in [6, 6.07) is 41.0. The molecule has 0 saturated carbocycles. The molecule has 0 radical (unpaired) electrons. The smallest absolute Gasteiger partial charge is 0.155 e. The molecule has 5 nitrogen and oxygen atoms in total. The summed E-state index contributed by atoms with van der Waals surface area (Å²) in [4.78, 5) is 13.5. The highest BCUT2D eigenvalue weighted by molar-refractivity contribution is 6.24. The molecule has 6 aromatic rings. The van der Waals surface area contributed by atoms with E-state index >= 15 is 0 Å². The second-order valence-electron chi connectivity index (χ2n) is 18.2. The van der Waals surface area contributed by atoms with E-state index in [1.807, 2.05) is 0 Å². The van der Waals surface area contributed by atoms with Gasteiger partial charge in [0.15, 0.2) is 5.84 Å². The van der Waals surface area contributed by atoms with E-state index in [1.165, 1.54) is 83.6 Å². The molecule has 5 unspecified atom stereocenters. The molecule has 7 aliphatic rings. The van der Waals surface area contributed by atoms with Crippen molar-refractivity contribution in [2.45, 2.75) is 63.6 Å². The van der Waals surface area contributed by atoms with Crippen LogP contribution in [0.25, 0.3) is 50.8 Å². The molecule has 3 heterocycles. The maximum absolute atomic E-state index is 5.41. The lowest BCUT2D eigenvalue weighted by Gasteiger charge is -2.35. The van der Waals surface area contributed by atoms with E-state index in [-0.39, 0.29) is 12.1 Å². The number of aliphatic imine (C=N–C) groups is 2. The summed E-state index contributed by atoms with van der Waals surface area (Å²) in [6.45, 7) is 0. The predicted molar refractivity (Wildman–Crippen MR) is 256 cm³/mol. The number of hydrogen-bond acceptors (Lipinski definition) is 4. The third kappa shape index (κ3) is 5.67. The monoisotopic (exact) mass is 803 g/mol. The van der Waals surface area contributed by atoms with Gasteiger partial charge in [-0.2, -0.15) is 0 Å². The van der Waals surface area contributed by atoms with Crippen LogP contribution in [0.5, 0.6) is 0 Å². The summed E-state index contributed by atoms with van der Waals surface area (Å²) in [5.74, 6) is 2.97. The minimum Gasteiger partial charge on any atom is -0.347 e. The number of aromatic nitrogens is 1. The van der Waals surface area contributed by atoms with E-state index in [4.69, 9.17) is 9.98 Å². The topological polar surface area (TPSA) is 44.9 Å². The highest BCUT2D eigenvalue weighted by Gasteiger charge is 2.47. The van der Waals surface area contributed by atoms with Gasteiger partial charge < -0.3 is 14.8 Å². The number of nitrogens with one attached hydrogen (secondary N) is 1. The van der Waals surface area contributed by atoms with Gasteiger partial charge in [0.2, 0.25) is 0 Å². The summed E-state index contributed by atoms with van der Waals surface area (Å²) in [5.41, 5.74) is 13.6. The quantitative estimate of drug-likeness (QED) is 0.177. The van der Waals surface area contributed by atoms with Gasteiger partial charge in [0.05, 0.1) is 5.52 Å². The molecule has 5 heteroatoms. The maximum Gasteiger partial charge on any atom is 0.155 e. The standard InChI is InChI=1S/C57H49N5/c1-3-16-37(17-4-1)55-58-56(38-18-5-2-6-19-38)60-57(59-55)48-31-32-52(44-22-10-9-21-43(44)48)62-51-26-14-12-24-46(51)49-34-40-33-41(29-27-39(40)35-53(49)62)61-50-25-13-11-23-45(50)47-30-28-36-15-7-8-20-42(36)54(47)61/h1-10,12-13,15-18,20-22,24-25,27-30,33,35,38,46,49,51,56H,11,14,19,23,26,31-32,34H2,(H,58,59,60). The lowest BCUT2D eigenvalue weighted by atomic mass is 9.77. The molecular weight excluding hydrogens is 755 g/mol. The van der Waals surface area contributed by atoms with Crippen LogP contribution in [0.4, 0.5) is 0 Å². The van der Waals surface area contributed by atoms with Gasteiger partial charge in [0, 0.05) is 73.7 Å². The van der Waals surface area contributed by atoms with Crippen LogP contribution in [-0.4, -0.2) is 33.3 Å². The molecule has 0 amide bonds. The van der Waals surface area contributed by atoms with Crippen molar-refractivity contribution in [3.8, 4) is 5.69 Å². The highest BCUT2D eigenvalue weighted by Crippen LogP contribution is 2.51. The molecule has 5 atom stereocenters. The minimum atomic E-state index is -0.0801. The van der Waals surface area contributed by atoms with Gasteiger partial charge in [-0.15, -0.1) is 0 Å². The van der Waals surface area contributed by atoms with Gasteiger partial charge in [-0.25, -0.2) is 9.98 Å². The Hall–Kier alpha value is -6.72. The number of rotatable bonds is 5. The zero-order valence-corrected chi connectivity index (χ0v) is 34.9. The van der Waals surface area contributed by atoms with E-state index in [1.54, 1.807) is 0 Å². The molecule has 5 aliphatic carbocycles. The van der Waals surface area contributed by atoms with Crippen molar-refractivity contribution < 1.29 is 0 Å². The number of allylic oxidation sites excluding steroid dienone is 6. The molecule has 2 aliphatic heterocycles. The Kier molecular flexibility index (Phi) is 8.38. The van der Waals surface area contributed by atoms with Crippen molar-refractivity contribution in [3.63, 3.8) is 0 Å². The average Bonchev–Trinajstić information content (AvgIpc) is 3.86. The zero-order chi connectivity index (χ0) is 40.7. The van der Waals surface area contributed by atoms with Gasteiger partial charge in [0.1, 0.15) is 12.0 Å². The third-order valence-corrected chi connectivity index (χ3v) is 14.8. The first-order valence-electron chi connectivity index (χ1n) is 22.9. The fourth-order valence-corrected chi connectivity index (χ4v) is 12.0. The Balaban J connectivity index is 0.943. The molecule has 302 valence electrons. The molecule has 0 spiro atoms. The Bertz CT molecular complexity index is 3200. The second kappa shape index (κ2) is 14.4. The number of fused-ring (bicyclic) bond motifs is 10. The minimum absolute atomic E-state index is 0.0801. The van der Waals surface area contributed by atoms with Crippen LogP contribution in [0, 0.1) is 17.8 Å². The molecule has 1 N–H and O–H groups in total. The number of benzene rings is 5.